The zero-order valence-electron chi connectivity index (χ0n) is 10.3. The van der Waals surface area contributed by atoms with E-state index in [1.807, 2.05) is 30.3 Å². The van der Waals surface area contributed by atoms with E-state index in [0.717, 1.165) is 11.8 Å². The van der Waals surface area contributed by atoms with Gasteiger partial charge in [-0.15, -0.1) is 0 Å². The van der Waals surface area contributed by atoms with Crippen LogP contribution in [0, 0.1) is 0 Å². The first-order valence-electron chi connectivity index (χ1n) is 5.63. The lowest BCUT2D eigenvalue weighted by Crippen LogP contribution is -2.43. The third-order valence-corrected chi connectivity index (χ3v) is 3.35. The van der Waals surface area contributed by atoms with E-state index >= 15 is 0 Å². The molecule has 18 heavy (non-hydrogen) atoms. The van der Waals surface area contributed by atoms with Crippen LogP contribution >= 0.6 is 0 Å². The molecular formula is C12H18N2O3S. The Morgan fingerprint density at radius 3 is 2.50 bits per heavy atom. The van der Waals surface area contributed by atoms with Crippen LogP contribution in [0.1, 0.15) is 5.56 Å². The molecule has 0 aliphatic carbocycles. The van der Waals surface area contributed by atoms with Crippen molar-refractivity contribution in [3.63, 3.8) is 0 Å². The summed E-state index contributed by atoms with van der Waals surface area (Å²) in [6.45, 7) is 0.0974. The Bertz CT molecular complexity index is 485. The van der Waals surface area contributed by atoms with Crippen molar-refractivity contribution in [1.82, 2.24) is 5.32 Å². The molecule has 0 radical (unpaired) electrons. The molecule has 0 aromatic heterocycles. The first-order valence-corrected chi connectivity index (χ1v) is 7.69. The van der Waals surface area contributed by atoms with Crippen LogP contribution in [0.3, 0.4) is 0 Å². The Labute approximate surface area is 107 Å². The predicted molar refractivity (Wildman–Crippen MR) is 70.8 cm³/mol. The normalized spacial score (nSPS) is 13.0. The summed E-state index contributed by atoms with van der Waals surface area (Å²) >= 11 is 0. The number of carbonyl (C=O) groups is 1. The highest BCUT2D eigenvalue weighted by atomic mass is 32.2. The zero-order valence-corrected chi connectivity index (χ0v) is 11.1. The minimum absolute atomic E-state index is 0.0726. The van der Waals surface area contributed by atoms with Crippen molar-refractivity contribution in [1.29, 1.82) is 0 Å². The Kier molecular flexibility index (Phi) is 5.30. The molecule has 1 aromatic rings. The molecule has 1 atom stereocenters. The molecule has 0 saturated heterocycles. The summed E-state index contributed by atoms with van der Waals surface area (Å²) in [4.78, 5) is 11.6. The van der Waals surface area contributed by atoms with E-state index in [1.165, 1.54) is 0 Å². The average molecular weight is 270 g/mol. The summed E-state index contributed by atoms with van der Waals surface area (Å²) in [5.74, 6) is -0.404. The van der Waals surface area contributed by atoms with Gasteiger partial charge in [-0.3, -0.25) is 4.79 Å². The standard InChI is InChI=1S/C12H18N2O3S/c1-18(16,17)8-7-14-12(15)11(13)9-10-5-3-2-4-6-10/h2-6,11H,7-9,13H2,1H3,(H,14,15)/t11-/m0/s1. The van der Waals surface area contributed by atoms with E-state index in [-0.39, 0.29) is 18.2 Å². The Morgan fingerprint density at radius 1 is 1.33 bits per heavy atom. The van der Waals surface area contributed by atoms with Gasteiger partial charge < -0.3 is 11.1 Å². The molecule has 0 fully saturated rings. The van der Waals surface area contributed by atoms with Crippen molar-refractivity contribution >= 4 is 15.7 Å². The fourth-order valence-electron chi connectivity index (χ4n) is 1.45. The van der Waals surface area contributed by atoms with E-state index in [2.05, 4.69) is 5.32 Å². The first kappa shape index (κ1) is 14.7. The molecule has 0 saturated carbocycles. The first-order chi connectivity index (χ1) is 8.38. The van der Waals surface area contributed by atoms with E-state index in [9.17, 15) is 13.2 Å². The molecule has 0 aliphatic rings. The second-order valence-electron chi connectivity index (χ2n) is 4.22. The number of nitrogens with two attached hydrogens (primary N) is 1. The van der Waals surface area contributed by atoms with Gasteiger partial charge in [0.05, 0.1) is 11.8 Å². The maximum atomic E-state index is 11.6. The summed E-state index contributed by atoms with van der Waals surface area (Å²) < 4.78 is 21.8. The maximum absolute atomic E-state index is 11.6. The minimum Gasteiger partial charge on any atom is -0.354 e. The van der Waals surface area contributed by atoms with Crippen LogP contribution in [-0.4, -0.2) is 38.9 Å². The molecule has 6 heteroatoms. The Balaban J connectivity index is 2.38. The number of hydrogen-bond acceptors (Lipinski definition) is 4. The average Bonchev–Trinajstić information content (AvgIpc) is 2.28. The SMILES string of the molecule is CS(=O)(=O)CCNC(=O)[C@@H](N)Cc1ccccc1. The molecule has 5 nitrogen and oxygen atoms in total. The molecule has 3 N–H and O–H groups in total. The van der Waals surface area contributed by atoms with Crippen LogP contribution in [0.4, 0.5) is 0 Å². The lowest BCUT2D eigenvalue weighted by atomic mass is 10.1. The zero-order chi connectivity index (χ0) is 13.6. The maximum Gasteiger partial charge on any atom is 0.237 e. The number of nitrogens with one attached hydrogen (secondary N) is 1. The van der Waals surface area contributed by atoms with Gasteiger partial charge in [-0.1, -0.05) is 30.3 Å². The van der Waals surface area contributed by atoms with Crippen LogP contribution in [0.5, 0.6) is 0 Å². The molecule has 0 unspecified atom stereocenters. The van der Waals surface area contributed by atoms with Gasteiger partial charge in [0.15, 0.2) is 0 Å². The van der Waals surface area contributed by atoms with E-state index in [1.54, 1.807) is 0 Å². The van der Waals surface area contributed by atoms with Crippen molar-refractivity contribution in [2.45, 2.75) is 12.5 Å². The molecule has 1 aromatic carbocycles. The van der Waals surface area contributed by atoms with Gasteiger partial charge in [0, 0.05) is 12.8 Å². The Morgan fingerprint density at radius 2 is 1.94 bits per heavy atom. The van der Waals surface area contributed by atoms with Crippen LogP contribution in [0.25, 0.3) is 0 Å². The molecule has 0 bridgehead atoms. The number of amides is 1. The fourth-order valence-corrected chi connectivity index (χ4v) is 1.92. The van der Waals surface area contributed by atoms with Gasteiger partial charge in [0.25, 0.3) is 0 Å². The molecular weight excluding hydrogens is 252 g/mol. The van der Waals surface area contributed by atoms with E-state index < -0.39 is 15.9 Å². The summed E-state index contributed by atoms with van der Waals surface area (Å²) in [6.07, 6.45) is 1.56. The van der Waals surface area contributed by atoms with Crippen molar-refractivity contribution in [2.75, 3.05) is 18.6 Å². The summed E-state index contributed by atoms with van der Waals surface area (Å²) in [6, 6.07) is 8.77. The molecule has 1 amide bonds. The number of rotatable bonds is 6. The minimum atomic E-state index is -3.06. The topological polar surface area (TPSA) is 89.3 Å². The monoisotopic (exact) mass is 270 g/mol. The van der Waals surface area contributed by atoms with Crippen molar-refractivity contribution in [2.24, 2.45) is 5.73 Å². The number of hydrogen-bond donors (Lipinski definition) is 2. The van der Waals surface area contributed by atoms with Gasteiger partial charge in [-0.2, -0.15) is 0 Å². The second kappa shape index (κ2) is 6.51. The lowest BCUT2D eigenvalue weighted by molar-refractivity contribution is -0.122. The largest absolute Gasteiger partial charge is 0.354 e. The van der Waals surface area contributed by atoms with Gasteiger partial charge in [0.2, 0.25) is 5.91 Å². The highest BCUT2D eigenvalue weighted by molar-refractivity contribution is 7.90. The smallest absolute Gasteiger partial charge is 0.237 e. The predicted octanol–water partition coefficient (Wildman–Crippen LogP) is -0.283. The van der Waals surface area contributed by atoms with Crippen molar-refractivity contribution < 1.29 is 13.2 Å². The summed E-state index contributed by atoms with van der Waals surface area (Å²) in [7, 11) is -3.06. The van der Waals surface area contributed by atoms with Crippen LogP contribution < -0.4 is 11.1 Å². The van der Waals surface area contributed by atoms with Crippen LogP contribution in [-0.2, 0) is 21.1 Å². The second-order valence-corrected chi connectivity index (χ2v) is 6.48. The van der Waals surface area contributed by atoms with Gasteiger partial charge in [0.1, 0.15) is 9.84 Å². The number of carbonyl (C=O) groups excluding carboxylic acids is 1. The molecule has 1 rings (SSSR count). The quantitative estimate of drug-likeness (QED) is 0.744. The van der Waals surface area contributed by atoms with E-state index in [4.69, 9.17) is 5.73 Å². The third-order valence-electron chi connectivity index (χ3n) is 2.41. The molecule has 0 heterocycles. The third kappa shape index (κ3) is 5.79. The van der Waals surface area contributed by atoms with Crippen molar-refractivity contribution in [3.05, 3.63) is 35.9 Å². The van der Waals surface area contributed by atoms with Crippen molar-refractivity contribution in [3.8, 4) is 0 Å². The molecule has 0 spiro atoms. The van der Waals surface area contributed by atoms with Gasteiger partial charge in [-0.25, -0.2) is 8.42 Å². The Hall–Kier alpha value is -1.40. The molecule has 100 valence electrons. The van der Waals surface area contributed by atoms with Crippen LogP contribution in [0.2, 0.25) is 0 Å². The number of sulfone groups is 1. The van der Waals surface area contributed by atoms with Crippen LogP contribution in [0.15, 0.2) is 30.3 Å². The van der Waals surface area contributed by atoms with E-state index in [0.29, 0.717) is 6.42 Å². The lowest BCUT2D eigenvalue weighted by Gasteiger charge is -2.11. The van der Waals surface area contributed by atoms with Gasteiger partial charge >= 0.3 is 0 Å². The fraction of sp³-hybridized carbons (Fsp3) is 0.417. The van der Waals surface area contributed by atoms with Gasteiger partial charge in [-0.05, 0) is 12.0 Å². The highest BCUT2D eigenvalue weighted by Crippen LogP contribution is 2.01. The number of benzene rings is 1. The highest BCUT2D eigenvalue weighted by Gasteiger charge is 2.14. The summed E-state index contributed by atoms with van der Waals surface area (Å²) in [5.41, 5.74) is 6.71. The molecule has 0 aliphatic heterocycles. The summed E-state index contributed by atoms with van der Waals surface area (Å²) in [5, 5.41) is 2.52.